The number of nitrogens with zero attached hydrogens (tertiary/aromatic N) is 3. The van der Waals surface area contributed by atoms with Gasteiger partial charge in [-0.2, -0.15) is 5.10 Å². The summed E-state index contributed by atoms with van der Waals surface area (Å²) in [7, 11) is 4.02. The standard InChI is InChI=1S/C10H18N4S/c1-13(5-3-4-10(11)15)7-9-6-12-14(2)8-9/h6,8H,3-5,7H2,1-2H3,(H2,11,15). The third-order valence-electron chi connectivity index (χ3n) is 2.17. The zero-order valence-corrected chi connectivity index (χ0v) is 10.1. The van der Waals surface area contributed by atoms with Gasteiger partial charge in [0.1, 0.15) is 0 Å². The maximum atomic E-state index is 5.43. The molecule has 0 spiro atoms. The van der Waals surface area contributed by atoms with Crippen molar-refractivity contribution in [3.8, 4) is 0 Å². The average Bonchev–Trinajstić information content (AvgIpc) is 2.50. The highest BCUT2D eigenvalue weighted by Gasteiger charge is 2.02. The number of nitrogens with two attached hydrogens (primary N) is 1. The molecule has 0 radical (unpaired) electrons. The van der Waals surface area contributed by atoms with Crippen molar-refractivity contribution < 1.29 is 0 Å². The molecule has 1 heterocycles. The second-order valence-electron chi connectivity index (χ2n) is 3.83. The predicted molar refractivity (Wildman–Crippen MR) is 65.6 cm³/mol. The molecule has 4 nitrogen and oxygen atoms in total. The molecule has 84 valence electrons. The van der Waals surface area contributed by atoms with E-state index >= 15 is 0 Å². The summed E-state index contributed by atoms with van der Waals surface area (Å²) >= 11 is 4.83. The topological polar surface area (TPSA) is 47.1 Å². The highest BCUT2D eigenvalue weighted by Crippen LogP contribution is 2.02. The zero-order valence-electron chi connectivity index (χ0n) is 9.31. The Morgan fingerprint density at radius 2 is 2.40 bits per heavy atom. The fraction of sp³-hybridized carbons (Fsp3) is 0.600. The van der Waals surface area contributed by atoms with Gasteiger partial charge in [0.15, 0.2) is 0 Å². The van der Waals surface area contributed by atoms with Gasteiger partial charge in [0, 0.05) is 25.4 Å². The monoisotopic (exact) mass is 226 g/mol. The van der Waals surface area contributed by atoms with Crippen LogP contribution in [0.1, 0.15) is 18.4 Å². The summed E-state index contributed by atoms with van der Waals surface area (Å²) in [5.41, 5.74) is 6.67. The SMILES string of the molecule is CN(CCCC(N)=S)Cc1cnn(C)c1. The highest BCUT2D eigenvalue weighted by atomic mass is 32.1. The van der Waals surface area contributed by atoms with Crippen molar-refractivity contribution in [2.45, 2.75) is 19.4 Å². The van der Waals surface area contributed by atoms with Gasteiger partial charge in [-0.15, -0.1) is 0 Å². The molecule has 0 atom stereocenters. The first kappa shape index (κ1) is 12.1. The van der Waals surface area contributed by atoms with Crippen LogP contribution in [0.4, 0.5) is 0 Å². The van der Waals surface area contributed by atoms with E-state index in [1.54, 1.807) is 0 Å². The Bertz CT molecular complexity index is 321. The van der Waals surface area contributed by atoms with Crippen LogP contribution < -0.4 is 5.73 Å². The predicted octanol–water partition coefficient (Wildman–Crippen LogP) is 0.918. The van der Waals surface area contributed by atoms with E-state index in [0.717, 1.165) is 25.9 Å². The third kappa shape index (κ3) is 4.90. The summed E-state index contributed by atoms with van der Waals surface area (Å²) in [6.45, 7) is 1.93. The molecule has 0 aliphatic rings. The average molecular weight is 226 g/mol. The van der Waals surface area contributed by atoms with E-state index in [9.17, 15) is 0 Å². The second-order valence-corrected chi connectivity index (χ2v) is 4.35. The first-order valence-corrected chi connectivity index (χ1v) is 5.43. The van der Waals surface area contributed by atoms with Gasteiger partial charge in [-0.05, 0) is 26.4 Å². The van der Waals surface area contributed by atoms with Gasteiger partial charge in [0.2, 0.25) is 0 Å². The number of aromatic nitrogens is 2. The van der Waals surface area contributed by atoms with Crippen LogP contribution in [0, 0.1) is 0 Å². The Kier molecular flexibility index (Phi) is 4.71. The minimum absolute atomic E-state index is 0.602. The van der Waals surface area contributed by atoms with Crippen LogP contribution in [0.5, 0.6) is 0 Å². The van der Waals surface area contributed by atoms with E-state index in [2.05, 4.69) is 17.0 Å². The molecular weight excluding hydrogens is 208 g/mol. The van der Waals surface area contributed by atoms with Crippen LogP contribution in [0.15, 0.2) is 12.4 Å². The van der Waals surface area contributed by atoms with E-state index in [1.807, 2.05) is 24.1 Å². The van der Waals surface area contributed by atoms with Gasteiger partial charge in [0.25, 0.3) is 0 Å². The summed E-state index contributed by atoms with van der Waals surface area (Å²) in [6.07, 6.45) is 5.77. The number of aryl methyl sites for hydroxylation is 1. The molecule has 0 amide bonds. The molecule has 1 rings (SSSR count). The minimum Gasteiger partial charge on any atom is -0.393 e. The Morgan fingerprint density at radius 3 is 2.93 bits per heavy atom. The molecule has 0 fully saturated rings. The van der Waals surface area contributed by atoms with Crippen LogP contribution in [-0.4, -0.2) is 33.3 Å². The Balaban J connectivity index is 2.24. The van der Waals surface area contributed by atoms with E-state index in [0.29, 0.717) is 4.99 Å². The van der Waals surface area contributed by atoms with Crippen molar-refractivity contribution in [2.24, 2.45) is 12.8 Å². The number of thiocarbonyl (C=S) groups is 1. The van der Waals surface area contributed by atoms with Gasteiger partial charge in [-0.25, -0.2) is 0 Å². The number of hydrogen-bond donors (Lipinski definition) is 1. The second kappa shape index (κ2) is 5.82. The van der Waals surface area contributed by atoms with Crippen LogP contribution >= 0.6 is 12.2 Å². The van der Waals surface area contributed by atoms with Gasteiger partial charge in [0.05, 0.1) is 11.2 Å². The van der Waals surface area contributed by atoms with Crippen molar-refractivity contribution in [3.63, 3.8) is 0 Å². The molecule has 1 aromatic heterocycles. The lowest BCUT2D eigenvalue weighted by molar-refractivity contribution is 0.324. The summed E-state index contributed by atoms with van der Waals surface area (Å²) in [5.74, 6) is 0. The first-order valence-electron chi connectivity index (χ1n) is 5.02. The maximum absolute atomic E-state index is 5.43. The molecule has 2 N–H and O–H groups in total. The Morgan fingerprint density at radius 1 is 1.67 bits per heavy atom. The van der Waals surface area contributed by atoms with Gasteiger partial charge < -0.3 is 10.6 Å². The fourth-order valence-electron chi connectivity index (χ4n) is 1.47. The lowest BCUT2D eigenvalue weighted by Crippen LogP contribution is -2.20. The van der Waals surface area contributed by atoms with E-state index in [1.165, 1.54) is 5.56 Å². The first-order chi connectivity index (χ1) is 7.08. The molecule has 0 aliphatic heterocycles. The molecular formula is C10H18N4S. The fourth-order valence-corrected chi connectivity index (χ4v) is 1.61. The van der Waals surface area contributed by atoms with Gasteiger partial charge in [-0.1, -0.05) is 12.2 Å². The summed E-state index contributed by atoms with van der Waals surface area (Å²) < 4.78 is 1.82. The van der Waals surface area contributed by atoms with Crippen molar-refractivity contribution in [1.82, 2.24) is 14.7 Å². The van der Waals surface area contributed by atoms with E-state index < -0.39 is 0 Å². The molecule has 0 bridgehead atoms. The largest absolute Gasteiger partial charge is 0.393 e. The smallest absolute Gasteiger partial charge is 0.0727 e. The lowest BCUT2D eigenvalue weighted by atomic mass is 10.2. The number of hydrogen-bond acceptors (Lipinski definition) is 3. The van der Waals surface area contributed by atoms with Crippen LogP contribution in [-0.2, 0) is 13.6 Å². The lowest BCUT2D eigenvalue weighted by Gasteiger charge is -2.14. The molecule has 0 aromatic carbocycles. The molecule has 1 aromatic rings. The molecule has 15 heavy (non-hydrogen) atoms. The van der Waals surface area contributed by atoms with E-state index in [4.69, 9.17) is 18.0 Å². The third-order valence-corrected chi connectivity index (χ3v) is 2.38. The zero-order chi connectivity index (χ0) is 11.3. The molecule has 0 aliphatic carbocycles. The number of rotatable bonds is 6. The van der Waals surface area contributed by atoms with Gasteiger partial charge >= 0.3 is 0 Å². The van der Waals surface area contributed by atoms with Crippen molar-refractivity contribution in [3.05, 3.63) is 18.0 Å². The normalized spacial score (nSPS) is 10.9. The Labute approximate surface area is 96.1 Å². The van der Waals surface area contributed by atoms with Crippen molar-refractivity contribution >= 4 is 17.2 Å². The highest BCUT2D eigenvalue weighted by molar-refractivity contribution is 7.80. The summed E-state index contributed by atoms with van der Waals surface area (Å²) in [4.78, 5) is 2.85. The van der Waals surface area contributed by atoms with Crippen LogP contribution in [0.2, 0.25) is 0 Å². The van der Waals surface area contributed by atoms with Gasteiger partial charge in [-0.3, -0.25) is 4.68 Å². The Hall–Kier alpha value is -0.940. The molecule has 5 heteroatoms. The molecule has 0 saturated heterocycles. The molecule has 0 unspecified atom stereocenters. The summed E-state index contributed by atoms with van der Waals surface area (Å²) in [6, 6.07) is 0. The van der Waals surface area contributed by atoms with E-state index in [-0.39, 0.29) is 0 Å². The maximum Gasteiger partial charge on any atom is 0.0727 e. The van der Waals surface area contributed by atoms with Crippen molar-refractivity contribution in [2.75, 3.05) is 13.6 Å². The van der Waals surface area contributed by atoms with Crippen molar-refractivity contribution in [1.29, 1.82) is 0 Å². The quantitative estimate of drug-likeness (QED) is 0.733. The summed E-state index contributed by atoms with van der Waals surface area (Å²) in [5, 5.41) is 4.13. The minimum atomic E-state index is 0.602. The van der Waals surface area contributed by atoms with Crippen LogP contribution in [0.25, 0.3) is 0 Å². The van der Waals surface area contributed by atoms with Crippen LogP contribution in [0.3, 0.4) is 0 Å². The molecule has 0 saturated carbocycles.